The molecule has 2 unspecified atom stereocenters. The fourth-order valence-electron chi connectivity index (χ4n) is 11.8. The molecule has 0 fully saturated rings. The lowest BCUT2D eigenvalue weighted by Gasteiger charge is -2.21. The lowest BCUT2D eigenvalue weighted by molar-refractivity contribution is -0.161. The van der Waals surface area contributed by atoms with Gasteiger partial charge in [0.25, 0.3) is 0 Å². The van der Waals surface area contributed by atoms with Crippen molar-refractivity contribution in [2.45, 2.75) is 419 Å². The van der Waals surface area contributed by atoms with Crippen LogP contribution in [0.5, 0.6) is 0 Å². The molecule has 0 saturated carbocycles. The molecule has 0 aliphatic rings. The van der Waals surface area contributed by atoms with E-state index in [1.165, 1.54) is 212 Å². The van der Waals surface area contributed by atoms with Crippen LogP contribution in [0.2, 0.25) is 0 Å². The summed E-state index contributed by atoms with van der Waals surface area (Å²) in [4.78, 5) is 72.6. The smallest absolute Gasteiger partial charge is 0.462 e. The van der Waals surface area contributed by atoms with E-state index in [0.29, 0.717) is 25.7 Å². The Balaban J connectivity index is 5.14. The van der Waals surface area contributed by atoms with Gasteiger partial charge in [0, 0.05) is 25.7 Å². The lowest BCUT2D eigenvalue weighted by Crippen LogP contribution is -2.30. The van der Waals surface area contributed by atoms with Gasteiger partial charge in [0.15, 0.2) is 12.2 Å². The third-order valence-electron chi connectivity index (χ3n) is 18.0. The minimum atomic E-state index is -4.96. The van der Waals surface area contributed by atoms with Crippen LogP contribution in [0.4, 0.5) is 0 Å². The number of hydrogen-bond donors (Lipinski definition) is 3. The Morgan fingerprint density at radius 3 is 0.708 bits per heavy atom. The van der Waals surface area contributed by atoms with Crippen LogP contribution in [0.1, 0.15) is 401 Å². The molecule has 5 atom stereocenters. The Bertz CT molecular complexity index is 1860. The number of rotatable bonds is 76. The normalized spacial score (nSPS) is 14.0. The van der Waals surface area contributed by atoms with E-state index < -0.39 is 97.5 Å². The van der Waals surface area contributed by atoms with Gasteiger partial charge in [-0.3, -0.25) is 37.3 Å². The maximum atomic E-state index is 13.1. The molecule has 0 aromatic rings. The van der Waals surface area contributed by atoms with Gasteiger partial charge in [-0.05, 0) is 37.5 Å². The highest BCUT2D eigenvalue weighted by molar-refractivity contribution is 7.47. The summed E-state index contributed by atoms with van der Waals surface area (Å²) in [6.07, 6.45) is 57.3. The van der Waals surface area contributed by atoms with E-state index in [-0.39, 0.29) is 25.7 Å². The maximum absolute atomic E-state index is 13.1. The summed E-state index contributed by atoms with van der Waals surface area (Å²) >= 11 is 0. The number of unbranched alkanes of at least 4 members (excludes halogenated alkanes) is 46. The summed E-state index contributed by atoms with van der Waals surface area (Å²) < 4.78 is 68.4. The van der Waals surface area contributed by atoms with Crippen molar-refractivity contribution in [3.05, 3.63) is 0 Å². The second kappa shape index (κ2) is 68.8. The number of carbonyl (C=O) groups is 4. The van der Waals surface area contributed by atoms with Crippen molar-refractivity contribution in [1.29, 1.82) is 0 Å². The number of aliphatic hydroxyl groups excluding tert-OH is 1. The molecule has 96 heavy (non-hydrogen) atoms. The molecule has 0 heterocycles. The van der Waals surface area contributed by atoms with Crippen molar-refractivity contribution < 1.29 is 80.2 Å². The molecule has 0 radical (unpaired) electrons. The zero-order chi connectivity index (χ0) is 70.7. The van der Waals surface area contributed by atoms with Crippen molar-refractivity contribution >= 4 is 39.5 Å². The SMILES string of the molecule is CCCCCCCCCCCCCCCCCC(=O)O[C@H](COC(=O)CCCCCCC)COP(=O)(O)OC[C@H](O)COP(=O)(O)OC[C@@H](COC(=O)CCCCCCCCCCCCCCCCCC(C)C)OC(=O)CCCCCCCCCCCCCCCCCC(C)C. The molecule has 0 aliphatic carbocycles. The van der Waals surface area contributed by atoms with E-state index in [1.807, 2.05) is 0 Å². The second-order valence-electron chi connectivity index (χ2n) is 28.7. The quantitative estimate of drug-likeness (QED) is 0.0222. The van der Waals surface area contributed by atoms with Crippen molar-refractivity contribution in [1.82, 2.24) is 0 Å². The number of aliphatic hydroxyl groups is 1. The molecule has 0 bridgehead atoms. The van der Waals surface area contributed by atoms with Gasteiger partial charge in [0.05, 0.1) is 26.4 Å². The summed E-state index contributed by atoms with van der Waals surface area (Å²) in [6.45, 7) is 9.58. The topological polar surface area (TPSA) is 237 Å². The molecule has 0 aliphatic heterocycles. The number of esters is 4. The zero-order valence-electron chi connectivity index (χ0n) is 62.7. The molecule has 0 aromatic carbocycles. The predicted molar refractivity (Wildman–Crippen MR) is 391 cm³/mol. The van der Waals surface area contributed by atoms with E-state index in [4.69, 9.17) is 37.0 Å². The van der Waals surface area contributed by atoms with Crippen LogP contribution in [0, 0.1) is 11.8 Å². The van der Waals surface area contributed by atoms with E-state index in [9.17, 15) is 43.2 Å². The Morgan fingerprint density at radius 2 is 0.479 bits per heavy atom. The van der Waals surface area contributed by atoms with Crippen LogP contribution in [-0.4, -0.2) is 96.7 Å². The lowest BCUT2D eigenvalue weighted by atomic mass is 10.0. The maximum Gasteiger partial charge on any atom is 0.472 e. The van der Waals surface area contributed by atoms with Gasteiger partial charge < -0.3 is 33.8 Å². The molecular weight excluding hydrogens is 1260 g/mol. The number of phosphoric ester groups is 2. The van der Waals surface area contributed by atoms with Crippen LogP contribution < -0.4 is 0 Å². The van der Waals surface area contributed by atoms with E-state index in [0.717, 1.165) is 108 Å². The monoisotopic (exact) mass is 1410 g/mol. The molecule has 0 rings (SSSR count). The summed E-state index contributed by atoms with van der Waals surface area (Å²) in [5.74, 6) is -0.515. The van der Waals surface area contributed by atoms with Crippen LogP contribution in [0.25, 0.3) is 0 Å². The summed E-state index contributed by atoms with van der Waals surface area (Å²) in [7, 11) is -9.90. The van der Waals surface area contributed by atoms with Crippen molar-refractivity contribution in [2.24, 2.45) is 11.8 Å². The van der Waals surface area contributed by atoms with E-state index >= 15 is 0 Å². The van der Waals surface area contributed by atoms with Gasteiger partial charge in [-0.15, -0.1) is 0 Å². The summed E-state index contributed by atoms with van der Waals surface area (Å²) in [5.41, 5.74) is 0. The van der Waals surface area contributed by atoms with Crippen molar-refractivity contribution in [2.75, 3.05) is 39.6 Å². The molecule has 3 N–H and O–H groups in total. The first kappa shape index (κ1) is 94.1. The number of ether oxygens (including phenoxy) is 4. The fourth-order valence-corrected chi connectivity index (χ4v) is 13.4. The van der Waals surface area contributed by atoms with E-state index in [1.54, 1.807) is 0 Å². The molecule has 0 aromatic heterocycles. The van der Waals surface area contributed by atoms with Gasteiger partial charge in [-0.25, -0.2) is 9.13 Å². The molecular formula is C77H150O17P2. The van der Waals surface area contributed by atoms with Crippen molar-refractivity contribution in [3.63, 3.8) is 0 Å². The van der Waals surface area contributed by atoms with Crippen LogP contribution >= 0.6 is 15.6 Å². The third kappa shape index (κ3) is 70.5. The Labute approximate surface area is 588 Å². The fraction of sp³-hybridized carbons (Fsp3) is 0.948. The Morgan fingerprint density at radius 1 is 0.281 bits per heavy atom. The standard InChI is InChI=1S/C77H150O17P2/c1-7-9-11-13-14-15-16-17-20-28-33-38-43-49-55-61-76(81)93-72(65-87-74(79)59-53-45-12-10-8-2)67-91-95(83,84)89-63-71(78)64-90-96(85,86)92-68-73(94-77(82)62-56-50-44-39-34-29-24-19-22-26-31-36-41-47-52-58-70(5)6)66-88-75(80)60-54-48-42-37-32-27-23-18-21-25-30-35-40-46-51-57-69(3)4/h69-73,78H,7-68H2,1-6H3,(H,83,84)(H,85,86)/t71-,72+,73+/m0/s1. The Kier molecular flexibility index (Phi) is 67.4. The first-order valence-electron chi connectivity index (χ1n) is 40.0. The van der Waals surface area contributed by atoms with Crippen LogP contribution in [0.3, 0.4) is 0 Å². The molecule has 0 amide bonds. The largest absolute Gasteiger partial charge is 0.472 e. The van der Waals surface area contributed by atoms with Crippen molar-refractivity contribution in [3.8, 4) is 0 Å². The molecule has 17 nitrogen and oxygen atoms in total. The number of phosphoric acid groups is 2. The van der Waals surface area contributed by atoms with Gasteiger partial charge in [-0.1, -0.05) is 350 Å². The minimum Gasteiger partial charge on any atom is -0.462 e. The third-order valence-corrected chi connectivity index (χ3v) is 19.9. The predicted octanol–water partition coefficient (Wildman–Crippen LogP) is 22.7. The molecule has 0 saturated heterocycles. The zero-order valence-corrected chi connectivity index (χ0v) is 64.5. The number of hydrogen-bond acceptors (Lipinski definition) is 15. The van der Waals surface area contributed by atoms with Gasteiger partial charge >= 0.3 is 39.5 Å². The minimum absolute atomic E-state index is 0.107. The molecule has 0 spiro atoms. The number of carbonyl (C=O) groups excluding carboxylic acids is 4. The highest BCUT2D eigenvalue weighted by atomic mass is 31.2. The first-order valence-corrected chi connectivity index (χ1v) is 43.0. The summed E-state index contributed by atoms with van der Waals surface area (Å²) in [5, 5.41) is 10.6. The highest BCUT2D eigenvalue weighted by Gasteiger charge is 2.30. The van der Waals surface area contributed by atoms with Gasteiger partial charge in [0.2, 0.25) is 0 Å². The average Bonchev–Trinajstić information content (AvgIpc) is 1.49. The van der Waals surface area contributed by atoms with Gasteiger partial charge in [0.1, 0.15) is 19.3 Å². The molecule has 570 valence electrons. The summed E-state index contributed by atoms with van der Waals surface area (Å²) in [6, 6.07) is 0. The van der Waals surface area contributed by atoms with Gasteiger partial charge in [-0.2, -0.15) is 0 Å². The Hall–Kier alpha value is -1.94. The average molecular weight is 1410 g/mol. The van der Waals surface area contributed by atoms with Crippen LogP contribution in [-0.2, 0) is 65.4 Å². The second-order valence-corrected chi connectivity index (χ2v) is 31.6. The highest BCUT2D eigenvalue weighted by Crippen LogP contribution is 2.45. The molecule has 19 heteroatoms. The first-order chi connectivity index (χ1) is 46.4. The van der Waals surface area contributed by atoms with E-state index in [2.05, 4.69) is 41.5 Å². The van der Waals surface area contributed by atoms with Crippen LogP contribution in [0.15, 0.2) is 0 Å².